The van der Waals surface area contributed by atoms with E-state index >= 15 is 0 Å². The number of benzene rings is 1. The highest BCUT2D eigenvalue weighted by molar-refractivity contribution is 6.32. The van der Waals surface area contributed by atoms with Gasteiger partial charge in [-0.3, -0.25) is 9.48 Å². The molecule has 0 saturated carbocycles. The minimum atomic E-state index is -0.100. The Bertz CT molecular complexity index is 615. The zero-order valence-corrected chi connectivity index (χ0v) is 11.8. The van der Waals surface area contributed by atoms with E-state index in [1.54, 1.807) is 41.2 Å². The first kappa shape index (κ1) is 13.8. The molecule has 0 aliphatic rings. The molecule has 0 aliphatic carbocycles. The lowest BCUT2D eigenvalue weighted by Gasteiger charge is -2.00. The molecule has 0 N–H and O–H groups in total. The minimum Gasteiger partial charge on any atom is -0.289 e. The second-order valence-electron chi connectivity index (χ2n) is 3.90. The molecule has 3 nitrogen and oxygen atoms in total. The molecule has 0 fully saturated rings. The van der Waals surface area contributed by atoms with E-state index in [1.807, 2.05) is 6.92 Å². The smallest absolute Gasteiger partial charge is 0.185 e. The number of ketones is 1. The first-order valence-electron chi connectivity index (χ1n) is 5.81. The Morgan fingerprint density at radius 1 is 1.32 bits per heavy atom. The fourth-order valence-electron chi connectivity index (χ4n) is 1.65. The van der Waals surface area contributed by atoms with Gasteiger partial charge in [-0.1, -0.05) is 23.2 Å². The summed E-state index contributed by atoms with van der Waals surface area (Å²) in [6, 6.07) is 6.75. The molecule has 2 aromatic rings. The molecule has 0 amide bonds. The van der Waals surface area contributed by atoms with Gasteiger partial charge in [0.1, 0.15) is 0 Å². The van der Waals surface area contributed by atoms with Crippen molar-refractivity contribution >= 4 is 35.1 Å². The quantitative estimate of drug-likeness (QED) is 0.628. The predicted molar refractivity (Wildman–Crippen MR) is 77.7 cm³/mol. The number of hydrogen-bond acceptors (Lipinski definition) is 2. The van der Waals surface area contributed by atoms with Crippen molar-refractivity contribution in [3.05, 3.63) is 57.8 Å². The molecular formula is C14H12Cl2N2O. The van der Waals surface area contributed by atoms with Crippen LogP contribution in [0, 0.1) is 0 Å². The van der Waals surface area contributed by atoms with Gasteiger partial charge < -0.3 is 0 Å². The van der Waals surface area contributed by atoms with Crippen LogP contribution < -0.4 is 0 Å². The van der Waals surface area contributed by atoms with E-state index in [0.29, 0.717) is 22.2 Å². The monoisotopic (exact) mass is 294 g/mol. The topological polar surface area (TPSA) is 34.9 Å². The fourth-order valence-corrected chi connectivity index (χ4v) is 1.98. The number of nitrogens with zero attached hydrogens (tertiary/aromatic N) is 2. The normalized spacial score (nSPS) is 11.1. The molecule has 19 heavy (non-hydrogen) atoms. The van der Waals surface area contributed by atoms with Crippen LogP contribution in [0.1, 0.15) is 23.0 Å². The molecule has 98 valence electrons. The summed E-state index contributed by atoms with van der Waals surface area (Å²) in [7, 11) is 0. The van der Waals surface area contributed by atoms with Crippen LogP contribution in [0.2, 0.25) is 10.0 Å². The number of halogens is 2. The Morgan fingerprint density at radius 3 is 2.63 bits per heavy atom. The maximum Gasteiger partial charge on any atom is 0.185 e. The third-order valence-electron chi connectivity index (χ3n) is 2.65. The molecular weight excluding hydrogens is 283 g/mol. The van der Waals surface area contributed by atoms with Gasteiger partial charge in [-0.2, -0.15) is 5.10 Å². The van der Waals surface area contributed by atoms with Crippen molar-refractivity contribution in [3.8, 4) is 0 Å². The van der Waals surface area contributed by atoms with E-state index in [9.17, 15) is 4.79 Å². The molecule has 0 atom stereocenters. The lowest BCUT2D eigenvalue weighted by molar-refractivity contribution is 0.104. The summed E-state index contributed by atoms with van der Waals surface area (Å²) in [5, 5.41) is 5.24. The number of hydrogen-bond donors (Lipinski definition) is 0. The van der Waals surface area contributed by atoms with E-state index in [-0.39, 0.29) is 5.78 Å². The average Bonchev–Trinajstić information content (AvgIpc) is 2.77. The summed E-state index contributed by atoms with van der Waals surface area (Å²) < 4.78 is 1.73. The third kappa shape index (κ3) is 3.25. The second-order valence-corrected chi connectivity index (χ2v) is 4.74. The van der Waals surface area contributed by atoms with Gasteiger partial charge in [0.2, 0.25) is 0 Å². The molecule has 2 rings (SSSR count). The average molecular weight is 295 g/mol. The van der Waals surface area contributed by atoms with Crippen LogP contribution in [-0.2, 0) is 6.54 Å². The van der Waals surface area contributed by atoms with E-state index < -0.39 is 0 Å². The Hall–Kier alpha value is -1.58. The molecule has 0 bridgehead atoms. The Kier molecular flexibility index (Phi) is 4.40. The summed E-state index contributed by atoms with van der Waals surface area (Å²) >= 11 is 11.8. The van der Waals surface area contributed by atoms with E-state index in [4.69, 9.17) is 23.2 Å². The SMILES string of the molecule is CCn1ncc(Cl)c1/C=C/C(=O)c1ccc(Cl)cc1. The third-order valence-corrected chi connectivity index (χ3v) is 3.20. The molecule has 5 heteroatoms. The van der Waals surface area contributed by atoms with Crippen molar-refractivity contribution in [2.24, 2.45) is 0 Å². The Morgan fingerprint density at radius 2 is 2.00 bits per heavy atom. The molecule has 0 aliphatic heterocycles. The highest BCUT2D eigenvalue weighted by Crippen LogP contribution is 2.17. The summed E-state index contributed by atoms with van der Waals surface area (Å²) in [5.74, 6) is -0.100. The summed E-state index contributed by atoms with van der Waals surface area (Å²) in [6.45, 7) is 2.66. The van der Waals surface area contributed by atoms with Crippen molar-refractivity contribution < 1.29 is 4.79 Å². The van der Waals surface area contributed by atoms with Gasteiger partial charge in [0.05, 0.1) is 16.9 Å². The highest BCUT2D eigenvalue weighted by atomic mass is 35.5. The zero-order valence-electron chi connectivity index (χ0n) is 10.3. The Labute approximate surface area is 121 Å². The van der Waals surface area contributed by atoms with Crippen molar-refractivity contribution in [1.82, 2.24) is 9.78 Å². The van der Waals surface area contributed by atoms with Crippen LogP contribution in [0.5, 0.6) is 0 Å². The van der Waals surface area contributed by atoms with Gasteiger partial charge in [0.25, 0.3) is 0 Å². The summed E-state index contributed by atoms with van der Waals surface area (Å²) in [5.41, 5.74) is 1.31. The number of carbonyl (C=O) groups excluding carboxylic acids is 1. The Balaban J connectivity index is 2.20. The highest BCUT2D eigenvalue weighted by Gasteiger charge is 2.06. The number of aromatic nitrogens is 2. The fraction of sp³-hybridized carbons (Fsp3) is 0.143. The van der Waals surface area contributed by atoms with Crippen LogP contribution in [0.25, 0.3) is 6.08 Å². The van der Waals surface area contributed by atoms with Gasteiger partial charge in [0, 0.05) is 17.1 Å². The van der Waals surface area contributed by atoms with E-state index in [1.165, 1.54) is 6.08 Å². The van der Waals surface area contributed by atoms with Crippen LogP contribution in [-0.4, -0.2) is 15.6 Å². The number of aryl methyl sites for hydroxylation is 1. The molecule has 0 unspecified atom stereocenters. The molecule has 0 spiro atoms. The molecule has 1 heterocycles. The van der Waals surface area contributed by atoms with Crippen molar-refractivity contribution in [1.29, 1.82) is 0 Å². The van der Waals surface area contributed by atoms with Gasteiger partial charge in [-0.15, -0.1) is 0 Å². The van der Waals surface area contributed by atoms with Crippen LogP contribution in [0.3, 0.4) is 0 Å². The summed E-state index contributed by atoms with van der Waals surface area (Å²) in [4.78, 5) is 12.0. The lowest BCUT2D eigenvalue weighted by atomic mass is 10.1. The van der Waals surface area contributed by atoms with E-state index in [2.05, 4.69) is 5.10 Å². The maximum absolute atomic E-state index is 12.0. The maximum atomic E-state index is 12.0. The van der Waals surface area contributed by atoms with Crippen LogP contribution in [0.4, 0.5) is 0 Å². The second kappa shape index (κ2) is 6.04. The van der Waals surface area contributed by atoms with Crippen molar-refractivity contribution in [2.75, 3.05) is 0 Å². The molecule has 1 aromatic carbocycles. The number of rotatable bonds is 4. The molecule has 0 saturated heterocycles. The molecule has 1 aromatic heterocycles. The van der Waals surface area contributed by atoms with Gasteiger partial charge in [-0.05, 0) is 43.3 Å². The zero-order chi connectivity index (χ0) is 13.8. The van der Waals surface area contributed by atoms with Crippen LogP contribution >= 0.6 is 23.2 Å². The van der Waals surface area contributed by atoms with Gasteiger partial charge in [-0.25, -0.2) is 0 Å². The number of carbonyl (C=O) groups is 1. The lowest BCUT2D eigenvalue weighted by Crippen LogP contribution is -1.99. The van der Waals surface area contributed by atoms with Gasteiger partial charge >= 0.3 is 0 Å². The first-order valence-corrected chi connectivity index (χ1v) is 6.56. The van der Waals surface area contributed by atoms with Gasteiger partial charge in [0.15, 0.2) is 5.78 Å². The first-order chi connectivity index (χ1) is 9.11. The van der Waals surface area contributed by atoms with Crippen molar-refractivity contribution in [2.45, 2.75) is 13.5 Å². The predicted octanol–water partition coefficient (Wildman–Crippen LogP) is 4.11. The van der Waals surface area contributed by atoms with Crippen molar-refractivity contribution in [3.63, 3.8) is 0 Å². The largest absolute Gasteiger partial charge is 0.289 e. The standard InChI is InChI=1S/C14H12Cl2N2O/c1-2-18-13(12(16)9-17-18)7-8-14(19)10-3-5-11(15)6-4-10/h3-9H,2H2,1H3/b8-7+. The number of allylic oxidation sites excluding steroid dienone is 1. The van der Waals surface area contributed by atoms with Crippen LogP contribution in [0.15, 0.2) is 36.5 Å². The molecule has 0 radical (unpaired) electrons. The van der Waals surface area contributed by atoms with E-state index in [0.717, 1.165) is 5.69 Å². The minimum absolute atomic E-state index is 0.100. The summed E-state index contributed by atoms with van der Waals surface area (Å²) in [6.07, 6.45) is 4.73.